The maximum Gasteiger partial charge on any atom is 0.229 e. The second-order valence-corrected chi connectivity index (χ2v) is 6.56. The molecule has 1 heterocycles. The van der Waals surface area contributed by atoms with Gasteiger partial charge in [-0.1, -0.05) is 29.8 Å². The Hall–Kier alpha value is -2.18. The van der Waals surface area contributed by atoms with Crippen molar-refractivity contribution in [3.8, 4) is 22.9 Å². The van der Waals surface area contributed by atoms with Gasteiger partial charge in [-0.05, 0) is 35.4 Å². The third kappa shape index (κ3) is 4.06. The number of benzene rings is 2. The zero-order valence-electron chi connectivity index (χ0n) is 14.1. The summed E-state index contributed by atoms with van der Waals surface area (Å²) in [5.74, 6) is 0.207. The molecule has 0 amide bonds. The zero-order valence-corrected chi connectivity index (χ0v) is 14.8. The van der Waals surface area contributed by atoms with Crippen LogP contribution < -0.4 is 4.74 Å². The predicted octanol–water partition coefficient (Wildman–Crippen LogP) is 1.06. The van der Waals surface area contributed by atoms with Crippen molar-refractivity contribution in [2.24, 2.45) is 0 Å². The lowest BCUT2D eigenvalue weighted by Gasteiger charge is -2.39. The van der Waals surface area contributed by atoms with Crippen LogP contribution in [0.25, 0.3) is 11.1 Å². The van der Waals surface area contributed by atoms with Crippen LogP contribution in [0.1, 0.15) is 5.56 Å². The molecular weight excluding hydrogens is 374 g/mol. The van der Waals surface area contributed by atoms with Crippen molar-refractivity contribution in [2.45, 2.75) is 30.7 Å². The quantitative estimate of drug-likeness (QED) is 0.614. The number of rotatable bonds is 4. The van der Waals surface area contributed by atoms with Gasteiger partial charge >= 0.3 is 0 Å². The van der Waals surface area contributed by atoms with Gasteiger partial charge < -0.3 is 29.9 Å². The Labute approximate surface area is 160 Å². The third-order valence-corrected chi connectivity index (χ3v) is 4.67. The van der Waals surface area contributed by atoms with Gasteiger partial charge in [-0.3, -0.25) is 0 Å². The number of aliphatic hydroxyl groups is 4. The third-order valence-electron chi connectivity index (χ3n) is 4.37. The molecule has 0 saturated carbocycles. The van der Waals surface area contributed by atoms with Crippen LogP contribution in [-0.4, -0.2) is 57.7 Å². The van der Waals surface area contributed by atoms with Gasteiger partial charge in [-0.15, -0.1) is 0 Å². The lowest BCUT2D eigenvalue weighted by Crippen LogP contribution is -2.60. The topological polar surface area (TPSA) is 123 Å². The Kier molecular flexibility index (Phi) is 5.97. The van der Waals surface area contributed by atoms with Crippen molar-refractivity contribution in [3.05, 3.63) is 53.1 Å². The van der Waals surface area contributed by atoms with Crippen LogP contribution >= 0.6 is 11.6 Å². The van der Waals surface area contributed by atoms with Crippen molar-refractivity contribution in [3.63, 3.8) is 0 Å². The van der Waals surface area contributed by atoms with E-state index in [-0.39, 0.29) is 10.8 Å². The molecule has 5 atom stereocenters. The normalized spacial score (nSPS) is 27.8. The van der Waals surface area contributed by atoms with E-state index in [0.29, 0.717) is 5.56 Å². The number of nitriles is 1. The molecule has 0 spiro atoms. The fourth-order valence-electron chi connectivity index (χ4n) is 2.80. The molecular formula is C19H18ClNO6. The molecule has 0 aromatic heterocycles. The maximum atomic E-state index is 10.0. The van der Waals surface area contributed by atoms with E-state index in [1.54, 1.807) is 42.5 Å². The Morgan fingerprint density at radius 3 is 2.26 bits per heavy atom. The highest BCUT2D eigenvalue weighted by atomic mass is 35.5. The number of halogens is 1. The van der Waals surface area contributed by atoms with Crippen LogP contribution in [0.5, 0.6) is 5.75 Å². The van der Waals surface area contributed by atoms with Gasteiger partial charge in [-0.25, -0.2) is 0 Å². The van der Waals surface area contributed by atoms with Gasteiger partial charge in [0.05, 0.1) is 23.3 Å². The highest BCUT2D eigenvalue weighted by molar-refractivity contribution is 6.32. The lowest BCUT2D eigenvalue weighted by molar-refractivity contribution is -0.277. The first kappa shape index (κ1) is 19.6. The van der Waals surface area contributed by atoms with Crippen molar-refractivity contribution in [2.75, 3.05) is 6.61 Å². The number of nitrogens with zero attached hydrogens (tertiary/aromatic N) is 1. The summed E-state index contributed by atoms with van der Waals surface area (Å²) in [5, 5.41) is 48.0. The zero-order chi connectivity index (χ0) is 19.6. The summed E-state index contributed by atoms with van der Waals surface area (Å²) < 4.78 is 10.9. The van der Waals surface area contributed by atoms with E-state index in [9.17, 15) is 20.4 Å². The number of ether oxygens (including phenoxy) is 2. The molecule has 1 aliphatic rings. The molecule has 1 fully saturated rings. The van der Waals surface area contributed by atoms with Gasteiger partial charge in [0.2, 0.25) is 6.29 Å². The fraction of sp³-hybridized carbons (Fsp3) is 0.316. The van der Waals surface area contributed by atoms with Gasteiger partial charge in [0.15, 0.2) is 0 Å². The molecule has 7 nitrogen and oxygen atoms in total. The average Bonchev–Trinajstić information content (AvgIpc) is 2.69. The largest absolute Gasteiger partial charge is 0.460 e. The van der Waals surface area contributed by atoms with Gasteiger partial charge in [0, 0.05) is 0 Å². The second kappa shape index (κ2) is 8.23. The minimum Gasteiger partial charge on any atom is -0.460 e. The van der Waals surface area contributed by atoms with Crippen LogP contribution in [0.4, 0.5) is 0 Å². The van der Waals surface area contributed by atoms with Gasteiger partial charge in [-0.2, -0.15) is 5.26 Å². The van der Waals surface area contributed by atoms with E-state index < -0.39 is 37.3 Å². The number of hydrogen-bond acceptors (Lipinski definition) is 7. The first-order chi connectivity index (χ1) is 12.9. The molecule has 1 saturated heterocycles. The summed E-state index contributed by atoms with van der Waals surface area (Å²) in [4.78, 5) is 0. The van der Waals surface area contributed by atoms with E-state index in [4.69, 9.17) is 26.3 Å². The Morgan fingerprint density at radius 1 is 1.00 bits per heavy atom. The van der Waals surface area contributed by atoms with Crippen LogP contribution in [0.15, 0.2) is 42.5 Å². The summed E-state index contributed by atoms with van der Waals surface area (Å²) >= 11 is 6.26. The molecule has 2 aromatic carbocycles. The van der Waals surface area contributed by atoms with E-state index in [1.165, 1.54) is 0 Å². The van der Waals surface area contributed by atoms with Crippen LogP contribution in [0, 0.1) is 11.3 Å². The Bertz CT molecular complexity index is 835. The minimum atomic E-state index is -1.53. The van der Waals surface area contributed by atoms with Crippen molar-refractivity contribution >= 4 is 11.6 Å². The molecule has 0 unspecified atom stereocenters. The monoisotopic (exact) mass is 391 g/mol. The summed E-state index contributed by atoms with van der Waals surface area (Å²) in [5.41, 5.74) is 2.20. The first-order valence-corrected chi connectivity index (χ1v) is 8.59. The maximum absolute atomic E-state index is 10.0. The molecule has 3 rings (SSSR count). The molecule has 8 heteroatoms. The standard InChI is InChI=1S/C19H18ClNO6/c20-13-7-12(11-3-1-10(8-21)2-4-11)5-6-14(13)26-19-18(25)17(24)16(23)15(9-22)27-19/h1-7,15-19,22-25H,9H2/t15-,16-,17+,18+,19+/m1/s1. The Morgan fingerprint density at radius 2 is 1.67 bits per heavy atom. The van der Waals surface area contributed by atoms with Crippen LogP contribution in [0.3, 0.4) is 0 Å². The molecule has 142 valence electrons. The van der Waals surface area contributed by atoms with Gasteiger partial charge in [0.25, 0.3) is 0 Å². The molecule has 0 radical (unpaired) electrons. The molecule has 0 aliphatic carbocycles. The van der Waals surface area contributed by atoms with E-state index in [0.717, 1.165) is 11.1 Å². The summed E-state index contributed by atoms with van der Waals surface area (Å²) in [6, 6.07) is 14.0. The first-order valence-electron chi connectivity index (χ1n) is 8.22. The summed E-state index contributed by atoms with van der Waals surface area (Å²) in [6.07, 6.45) is -6.88. The molecule has 27 heavy (non-hydrogen) atoms. The number of aliphatic hydroxyl groups excluding tert-OH is 4. The molecule has 1 aliphatic heterocycles. The highest BCUT2D eigenvalue weighted by Gasteiger charge is 2.44. The van der Waals surface area contributed by atoms with E-state index in [2.05, 4.69) is 6.07 Å². The van der Waals surface area contributed by atoms with Gasteiger partial charge in [0.1, 0.15) is 30.2 Å². The van der Waals surface area contributed by atoms with Crippen LogP contribution in [0.2, 0.25) is 5.02 Å². The van der Waals surface area contributed by atoms with E-state index >= 15 is 0 Å². The van der Waals surface area contributed by atoms with Crippen molar-refractivity contribution in [1.82, 2.24) is 0 Å². The van der Waals surface area contributed by atoms with Crippen molar-refractivity contribution in [1.29, 1.82) is 5.26 Å². The molecule has 4 N–H and O–H groups in total. The highest BCUT2D eigenvalue weighted by Crippen LogP contribution is 2.33. The number of hydrogen-bond donors (Lipinski definition) is 4. The van der Waals surface area contributed by atoms with Crippen LogP contribution in [-0.2, 0) is 4.74 Å². The smallest absolute Gasteiger partial charge is 0.229 e. The molecule has 2 aromatic rings. The van der Waals surface area contributed by atoms with E-state index in [1.807, 2.05) is 0 Å². The predicted molar refractivity (Wildman–Crippen MR) is 96.0 cm³/mol. The fourth-order valence-corrected chi connectivity index (χ4v) is 3.03. The SMILES string of the molecule is N#Cc1ccc(-c2ccc(O[C@H]3O[C@H](CO)[C@@H](O)[C@H](O)[C@@H]3O)c(Cl)c2)cc1. The average molecular weight is 392 g/mol. The summed E-state index contributed by atoms with van der Waals surface area (Å²) in [7, 11) is 0. The van der Waals surface area contributed by atoms with Crippen molar-refractivity contribution < 1.29 is 29.9 Å². The molecule has 0 bridgehead atoms. The Balaban J connectivity index is 1.78. The summed E-state index contributed by atoms with van der Waals surface area (Å²) in [6.45, 7) is -0.545. The minimum absolute atomic E-state index is 0.207. The lowest BCUT2D eigenvalue weighted by atomic mass is 9.99. The second-order valence-electron chi connectivity index (χ2n) is 6.15.